The van der Waals surface area contributed by atoms with Gasteiger partial charge in [0.1, 0.15) is 42.3 Å². The maximum Gasteiger partial charge on any atom is 0.326 e. The Morgan fingerprint density at radius 2 is 1.14 bits per heavy atom. The van der Waals surface area contributed by atoms with Crippen LogP contribution in [0.25, 0.3) is 10.9 Å². The highest BCUT2D eigenvalue weighted by molar-refractivity contribution is 5.98. The van der Waals surface area contributed by atoms with Gasteiger partial charge in [0.05, 0.1) is 18.8 Å². The van der Waals surface area contributed by atoms with Gasteiger partial charge in [-0.1, -0.05) is 103 Å². The number of amides is 7. The summed E-state index contributed by atoms with van der Waals surface area (Å²) < 4.78 is 0. The average molecular weight is 1010 g/mol. The van der Waals surface area contributed by atoms with E-state index in [1.165, 1.54) is 19.4 Å². The number of carboxylic acid groups (broad SMARTS) is 2. The molecule has 0 fully saturated rings. The van der Waals surface area contributed by atoms with E-state index in [4.69, 9.17) is 5.73 Å². The molecule has 0 saturated heterocycles. The van der Waals surface area contributed by atoms with E-state index >= 15 is 0 Å². The lowest BCUT2D eigenvalue weighted by atomic mass is 9.94. The second-order valence-corrected chi connectivity index (χ2v) is 18.9. The number of nitrogens with one attached hydrogen (secondary N) is 9. The van der Waals surface area contributed by atoms with E-state index in [2.05, 4.69) is 52.2 Å². The second-order valence-electron chi connectivity index (χ2n) is 18.9. The van der Waals surface area contributed by atoms with Crippen LogP contribution in [0.5, 0.6) is 0 Å². The molecule has 22 nitrogen and oxygen atoms in total. The Morgan fingerprint density at radius 3 is 1.73 bits per heavy atom. The monoisotopic (exact) mass is 1010 g/mol. The Balaban J connectivity index is 1.49. The van der Waals surface area contributed by atoms with E-state index in [0.29, 0.717) is 24.1 Å². The standard InChI is InChI=1S/C51H71N11O11/c1-8-28(5)42(49(70)60-40(51(72)73)21-32-24-54-36-18-14-13-17-34(32)36)62-50(71)43(29(6)9-2)61-48(69)39(23-41(63)64)59-46(67)37(19-27(3)4)58-47(68)38(22-33-25-53-26-55-33)57-44(65)30(7)56-45(66)35(52)20-31-15-11-10-12-16-31/h10-18,24-30,35,37-40,42-43,54H,8-9,19-23,52H2,1-7H3,(H,53,55)(H,56,66)(H,57,65)(H,58,68)(H,59,67)(H,60,70)(H,61,69)(H,62,71)(H,63,64)(H,72,73). The summed E-state index contributed by atoms with van der Waals surface area (Å²) in [6.07, 6.45) is 4.26. The number of hydrogen-bond acceptors (Lipinski definition) is 11. The summed E-state index contributed by atoms with van der Waals surface area (Å²) in [5.74, 6) is -9.90. The number of aliphatic carboxylic acids is 2. The third-order valence-electron chi connectivity index (χ3n) is 12.7. The zero-order chi connectivity index (χ0) is 53.9. The number of H-pyrrole nitrogens is 2. The summed E-state index contributed by atoms with van der Waals surface area (Å²) in [6, 6.07) is 5.74. The molecule has 7 amide bonds. The summed E-state index contributed by atoms with van der Waals surface area (Å²) in [5, 5.41) is 38.9. The first kappa shape index (κ1) is 58.0. The minimum Gasteiger partial charge on any atom is -0.481 e. The Hall–Kier alpha value is -7.62. The fourth-order valence-corrected chi connectivity index (χ4v) is 7.98. The Morgan fingerprint density at radius 1 is 0.589 bits per heavy atom. The van der Waals surface area contributed by atoms with Crippen molar-refractivity contribution in [3.63, 3.8) is 0 Å². The van der Waals surface area contributed by atoms with Gasteiger partial charge in [0, 0.05) is 41.8 Å². The fourth-order valence-electron chi connectivity index (χ4n) is 7.98. The van der Waals surface area contributed by atoms with Crippen LogP contribution in [0.4, 0.5) is 0 Å². The number of carbonyl (C=O) groups excluding carboxylic acids is 7. The van der Waals surface area contributed by atoms with Gasteiger partial charge >= 0.3 is 11.9 Å². The van der Waals surface area contributed by atoms with Crippen molar-refractivity contribution in [1.29, 1.82) is 0 Å². The zero-order valence-corrected chi connectivity index (χ0v) is 42.3. The second kappa shape index (κ2) is 27.8. The minimum absolute atomic E-state index is 0.00302. The number of aromatic nitrogens is 3. The quantitative estimate of drug-likeness (QED) is 0.0366. The minimum atomic E-state index is -1.77. The summed E-state index contributed by atoms with van der Waals surface area (Å²) in [6.45, 7) is 11.8. The molecule has 22 heteroatoms. The van der Waals surface area contributed by atoms with Crippen molar-refractivity contribution in [3.8, 4) is 0 Å². The predicted octanol–water partition coefficient (Wildman–Crippen LogP) is 1.36. The molecule has 2 heterocycles. The van der Waals surface area contributed by atoms with Gasteiger partial charge in [-0.3, -0.25) is 38.4 Å². The van der Waals surface area contributed by atoms with Crippen molar-refractivity contribution in [2.24, 2.45) is 23.5 Å². The van der Waals surface area contributed by atoms with Crippen LogP contribution in [0.15, 0.2) is 73.3 Å². The molecule has 396 valence electrons. The highest BCUT2D eigenvalue weighted by Crippen LogP contribution is 2.20. The van der Waals surface area contributed by atoms with Crippen molar-refractivity contribution in [2.45, 2.75) is 142 Å². The fraction of sp³-hybridized carbons (Fsp3) is 0.490. The largest absolute Gasteiger partial charge is 0.481 e. The van der Waals surface area contributed by atoms with E-state index in [1.54, 1.807) is 65.9 Å². The lowest BCUT2D eigenvalue weighted by molar-refractivity contribution is -0.142. The molecule has 4 aromatic rings. The van der Waals surface area contributed by atoms with Crippen LogP contribution in [0.1, 0.15) is 91.0 Å². The number of rotatable bonds is 29. The number of fused-ring (bicyclic) bond motifs is 1. The summed E-state index contributed by atoms with van der Waals surface area (Å²) in [7, 11) is 0. The predicted molar refractivity (Wildman–Crippen MR) is 270 cm³/mol. The maximum atomic E-state index is 14.2. The van der Waals surface area contributed by atoms with Crippen LogP contribution in [0.3, 0.4) is 0 Å². The Labute approximate surface area is 424 Å². The van der Waals surface area contributed by atoms with Gasteiger partial charge in [-0.2, -0.15) is 0 Å². The highest BCUT2D eigenvalue weighted by Gasteiger charge is 2.37. The molecule has 2 aromatic carbocycles. The summed E-state index contributed by atoms with van der Waals surface area (Å²) >= 11 is 0. The van der Waals surface area contributed by atoms with Crippen LogP contribution in [0, 0.1) is 17.8 Å². The first-order valence-corrected chi connectivity index (χ1v) is 24.5. The molecule has 0 aliphatic carbocycles. The number of benzene rings is 2. The Bertz CT molecular complexity index is 2520. The molecule has 10 atom stereocenters. The third-order valence-corrected chi connectivity index (χ3v) is 12.7. The van der Waals surface area contributed by atoms with Crippen LogP contribution in [-0.4, -0.2) is 127 Å². The van der Waals surface area contributed by atoms with E-state index < -0.39 is 120 Å². The number of para-hydroxylation sites is 1. The van der Waals surface area contributed by atoms with E-state index in [-0.39, 0.29) is 31.6 Å². The number of nitrogens with zero attached hydrogens (tertiary/aromatic N) is 1. The van der Waals surface area contributed by atoms with Crippen LogP contribution in [0.2, 0.25) is 0 Å². The van der Waals surface area contributed by atoms with Crippen LogP contribution in [-0.2, 0) is 62.4 Å². The maximum absolute atomic E-state index is 14.2. The summed E-state index contributed by atoms with van der Waals surface area (Å²) in [4.78, 5) is 131. The van der Waals surface area contributed by atoms with Crippen molar-refractivity contribution in [1.82, 2.24) is 52.2 Å². The zero-order valence-electron chi connectivity index (χ0n) is 42.3. The third kappa shape index (κ3) is 17.6. The first-order valence-electron chi connectivity index (χ1n) is 24.5. The van der Waals surface area contributed by atoms with Crippen molar-refractivity contribution < 1.29 is 53.4 Å². The number of hydrogen-bond donors (Lipinski definition) is 12. The van der Waals surface area contributed by atoms with E-state index in [1.807, 2.05) is 36.4 Å². The molecule has 4 rings (SSSR count). The smallest absolute Gasteiger partial charge is 0.326 e. The molecule has 10 unspecified atom stereocenters. The van der Waals surface area contributed by atoms with Gasteiger partial charge in [0.2, 0.25) is 41.4 Å². The molecule has 2 aromatic heterocycles. The van der Waals surface area contributed by atoms with Gasteiger partial charge in [0.25, 0.3) is 0 Å². The van der Waals surface area contributed by atoms with Gasteiger partial charge in [-0.05, 0) is 54.7 Å². The molecule has 0 radical (unpaired) electrons. The molecule has 0 aliphatic rings. The number of carbonyl (C=O) groups is 9. The SMILES string of the molecule is CCC(C)C(NC(=O)C(CC(=O)O)NC(=O)C(CC(C)C)NC(=O)C(Cc1cnc[nH]1)NC(=O)C(C)NC(=O)C(N)Cc1ccccc1)C(=O)NC(C(=O)NC(Cc1c[nH]c2ccccc12)C(=O)O)C(C)CC. The Kier molecular flexibility index (Phi) is 22.1. The van der Waals surface area contributed by atoms with Crippen LogP contribution < -0.4 is 43.0 Å². The lowest BCUT2D eigenvalue weighted by Gasteiger charge is -2.31. The van der Waals surface area contributed by atoms with Gasteiger partial charge in [-0.15, -0.1) is 0 Å². The van der Waals surface area contributed by atoms with Crippen molar-refractivity contribution >= 4 is 64.2 Å². The highest BCUT2D eigenvalue weighted by atomic mass is 16.4. The van der Waals surface area contributed by atoms with E-state index in [0.717, 1.165) is 16.5 Å². The van der Waals surface area contributed by atoms with Gasteiger partial charge in [0.15, 0.2) is 0 Å². The molecule has 0 spiro atoms. The van der Waals surface area contributed by atoms with Crippen molar-refractivity contribution in [2.75, 3.05) is 0 Å². The number of nitrogens with two attached hydrogens (primary N) is 1. The van der Waals surface area contributed by atoms with Gasteiger partial charge < -0.3 is 63.1 Å². The summed E-state index contributed by atoms with van der Waals surface area (Å²) in [5.41, 5.74) is 8.81. The number of carboxylic acids is 2. The molecular weight excluding hydrogens is 943 g/mol. The molecular formula is C51H71N11O11. The lowest BCUT2D eigenvalue weighted by Crippen LogP contribution is -2.62. The normalized spacial score (nSPS) is 15.4. The van der Waals surface area contributed by atoms with Gasteiger partial charge in [-0.25, -0.2) is 9.78 Å². The molecule has 13 N–H and O–H groups in total. The molecule has 73 heavy (non-hydrogen) atoms. The number of imidazole rings is 1. The van der Waals surface area contributed by atoms with E-state index in [9.17, 15) is 53.4 Å². The average Bonchev–Trinajstić information content (AvgIpc) is 4.03. The first-order chi connectivity index (χ1) is 34.6. The molecule has 0 saturated carbocycles. The number of aromatic amines is 2. The van der Waals surface area contributed by atoms with Crippen molar-refractivity contribution in [3.05, 3.63) is 90.1 Å². The molecule has 0 bridgehead atoms. The molecule has 0 aliphatic heterocycles. The topological polar surface area (TPSA) is 349 Å². The van der Waals surface area contributed by atoms with Crippen LogP contribution >= 0.6 is 0 Å².